The molecule has 0 aliphatic carbocycles. The van der Waals surface area contributed by atoms with Crippen LogP contribution in [0.4, 0.5) is 0 Å². The molecule has 0 bridgehead atoms. The van der Waals surface area contributed by atoms with Crippen LogP contribution in [0, 0.1) is 5.92 Å². The van der Waals surface area contributed by atoms with Crippen molar-refractivity contribution in [3.8, 4) is 0 Å². The molecule has 1 aromatic heterocycles. The number of piperidine rings is 1. The largest absolute Gasteiger partial charge is 0.469 e. The van der Waals surface area contributed by atoms with Gasteiger partial charge in [-0.15, -0.1) is 22.9 Å². The van der Waals surface area contributed by atoms with Crippen LogP contribution in [-0.4, -0.2) is 42.0 Å². The molecule has 1 unspecified atom stereocenters. The number of halogens is 1. The zero-order valence-corrected chi connectivity index (χ0v) is 12.9. The van der Waals surface area contributed by atoms with Gasteiger partial charge < -0.3 is 9.64 Å². The van der Waals surface area contributed by atoms with E-state index in [1.54, 1.807) is 4.90 Å². The first-order valence-corrected chi connectivity index (χ1v) is 7.90. The summed E-state index contributed by atoms with van der Waals surface area (Å²) in [5, 5.41) is 2.63. The molecule has 0 N–H and O–H groups in total. The Morgan fingerprint density at radius 2 is 2.40 bits per heavy atom. The van der Waals surface area contributed by atoms with E-state index in [0.29, 0.717) is 19.0 Å². The molecule has 1 amide bonds. The number of esters is 1. The van der Waals surface area contributed by atoms with Gasteiger partial charge in [0.1, 0.15) is 5.01 Å². The van der Waals surface area contributed by atoms with Gasteiger partial charge in [0.15, 0.2) is 0 Å². The number of ether oxygens (including phenoxy) is 1. The third-order valence-electron chi connectivity index (χ3n) is 3.35. The molecule has 0 radical (unpaired) electrons. The predicted octanol–water partition coefficient (Wildman–Crippen LogP) is 1.84. The number of nitrogens with zero attached hydrogens (tertiary/aromatic N) is 2. The zero-order chi connectivity index (χ0) is 14.5. The van der Waals surface area contributed by atoms with Crippen molar-refractivity contribution in [2.45, 2.75) is 25.1 Å². The van der Waals surface area contributed by atoms with Crippen LogP contribution >= 0.6 is 22.9 Å². The fourth-order valence-electron chi connectivity index (χ4n) is 2.30. The number of thiazole rings is 1. The van der Waals surface area contributed by atoms with Crippen LogP contribution < -0.4 is 0 Å². The van der Waals surface area contributed by atoms with E-state index in [2.05, 4.69) is 4.98 Å². The van der Waals surface area contributed by atoms with E-state index in [1.807, 2.05) is 5.38 Å². The molecule has 5 nitrogen and oxygen atoms in total. The Morgan fingerprint density at radius 1 is 1.60 bits per heavy atom. The Kier molecular flexibility index (Phi) is 5.37. The number of rotatable bonds is 4. The normalized spacial score (nSPS) is 18.9. The zero-order valence-electron chi connectivity index (χ0n) is 11.3. The minimum absolute atomic E-state index is 0.00840. The second-order valence-corrected chi connectivity index (χ2v) is 5.95. The van der Waals surface area contributed by atoms with Crippen LogP contribution in [0.1, 0.15) is 23.5 Å². The van der Waals surface area contributed by atoms with E-state index in [4.69, 9.17) is 16.3 Å². The third kappa shape index (κ3) is 3.70. The van der Waals surface area contributed by atoms with Gasteiger partial charge in [-0.2, -0.15) is 0 Å². The SMILES string of the molecule is COC(=O)C1CCCN(C(=O)Cc2nc(CCl)cs2)C1. The fourth-order valence-corrected chi connectivity index (χ4v) is 3.31. The van der Waals surface area contributed by atoms with Crippen LogP contribution in [0.5, 0.6) is 0 Å². The van der Waals surface area contributed by atoms with Gasteiger partial charge in [-0.05, 0) is 12.8 Å². The standard InChI is InChI=1S/C13H17ClN2O3S/c1-19-13(18)9-3-2-4-16(7-9)12(17)5-11-15-10(6-14)8-20-11/h8-9H,2-7H2,1H3. The van der Waals surface area contributed by atoms with Gasteiger partial charge in [-0.3, -0.25) is 9.59 Å². The van der Waals surface area contributed by atoms with Crippen LogP contribution in [0.2, 0.25) is 0 Å². The number of methoxy groups -OCH3 is 1. The molecule has 1 saturated heterocycles. The van der Waals surface area contributed by atoms with Crippen LogP contribution in [0.3, 0.4) is 0 Å². The van der Waals surface area contributed by atoms with Crippen LogP contribution in [0.25, 0.3) is 0 Å². The lowest BCUT2D eigenvalue weighted by Gasteiger charge is -2.31. The Hall–Kier alpha value is -1.14. The number of aromatic nitrogens is 1. The van der Waals surface area contributed by atoms with Crippen LogP contribution in [-0.2, 0) is 26.6 Å². The van der Waals surface area contributed by atoms with E-state index in [9.17, 15) is 9.59 Å². The van der Waals surface area contributed by atoms with Crippen molar-refractivity contribution in [2.75, 3.05) is 20.2 Å². The predicted molar refractivity (Wildman–Crippen MR) is 76.7 cm³/mol. The monoisotopic (exact) mass is 316 g/mol. The first kappa shape index (κ1) is 15.3. The lowest BCUT2D eigenvalue weighted by atomic mass is 9.98. The number of hydrogen-bond donors (Lipinski definition) is 0. The number of alkyl halides is 1. The highest BCUT2D eigenvalue weighted by Gasteiger charge is 2.29. The molecule has 7 heteroatoms. The van der Waals surface area contributed by atoms with E-state index >= 15 is 0 Å². The summed E-state index contributed by atoms with van der Waals surface area (Å²) in [6.07, 6.45) is 1.88. The van der Waals surface area contributed by atoms with E-state index in [0.717, 1.165) is 23.5 Å². The first-order valence-electron chi connectivity index (χ1n) is 6.49. The van der Waals surface area contributed by atoms with Gasteiger partial charge in [-0.25, -0.2) is 4.98 Å². The number of carbonyl (C=O) groups is 2. The summed E-state index contributed by atoms with van der Waals surface area (Å²) in [5.41, 5.74) is 0.797. The molecule has 0 aromatic carbocycles. The van der Waals surface area contributed by atoms with E-state index in [-0.39, 0.29) is 24.2 Å². The van der Waals surface area contributed by atoms with Gasteiger partial charge in [-0.1, -0.05) is 0 Å². The van der Waals surface area contributed by atoms with Crippen molar-refractivity contribution >= 4 is 34.8 Å². The molecule has 1 aliphatic rings. The second-order valence-electron chi connectivity index (χ2n) is 4.75. The number of carbonyl (C=O) groups excluding carboxylic acids is 2. The average Bonchev–Trinajstić information content (AvgIpc) is 2.94. The molecule has 2 rings (SSSR count). The summed E-state index contributed by atoms with van der Waals surface area (Å²) >= 11 is 7.14. The highest BCUT2D eigenvalue weighted by molar-refractivity contribution is 7.09. The highest BCUT2D eigenvalue weighted by atomic mass is 35.5. The van der Waals surface area contributed by atoms with Crippen LogP contribution in [0.15, 0.2) is 5.38 Å². The maximum absolute atomic E-state index is 12.2. The number of amides is 1. The smallest absolute Gasteiger partial charge is 0.310 e. The van der Waals surface area contributed by atoms with Gasteiger partial charge in [0, 0.05) is 18.5 Å². The Labute approximate surface area is 126 Å². The van der Waals surface area contributed by atoms with E-state index < -0.39 is 0 Å². The minimum Gasteiger partial charge on any atom is -0.469 e. The molecule has 1 aromatic rings. The topological polar surface area (TPSA) is 59.5 Å². The summed E-state index contributed by atoms with van der Waals surface area (Å²) in [7, 11) is 1.38. The van der Waals surface area contributed by atoms with Gasteiger partial charge in [0.25, 0.3) is 0 Å². The Balaban J connectivity index is 1.93. The van der Waals surface area contributed by atoms with Crippen molar-refractivity contribution in [2.24, 2.45) is 5.92 Å². The van der Waals surface area contributed by atoms with Gasteiger partial charge >= 0.3 is 5.97 Å². The first-order chi connectivity index (χ1) is 9.63. The van der Waals surface area contributed by atoms with E-state index in [1.165, 1.54) is 18.4 Å². The summed E-state index contributed by atoms with van der Waals surface area (Å²) < 4.78 is 4.75. The maximum Gasteiger partial charge on any atom is 0.310 e. The average molecular weight is 317 g/mol. The molecule has 110 valence electrons. The molecule has 2 heterocycles. The van der Waals surface area contributed by atoms with Crippen molar-refractivity contribution in [3.63, 3.8) is 0 Å². The molecule has 0 saturated carbocycles. The number of likely N-dealkylation sites (tertiary alicyclic amines) is 1. The van der Waals surface area contributed by atoms with Crippen molar-refractivity contribution in [1.82, 2.24) is 9.88 Å². The van der Waals surface area contributed by atoms with Crippen molar-refractivity contribution in [3.05, 3.63) is 16.1 Å². The second kappa shape index (κ2) is 7.04. The molecular weight excluding hydrogens is 300 g/mol. The Bertz CT molecular complexity index is 492. The lowest BCUT2D eigenvalue weighted by Crippen LogP contribution is -2.43. The fraction of sp³-hybridized carbons (Fsp3) is 0.615. The number of hydrogen-bond acceptors (Lipinski definition) is 5. The molecular formula is C13H17ClN2O3S. The van der Waals surface area contributed by atoms with Crippen molar-refractivity contribution < 1.29 is 14.3 Å². The summed E-state index contributed by atoms with van der Waals surface area (Å²) in [6.45, 7) is 1.14. The maximum atomic E-state index is 12.2. The quantitative estimate of drug-likeness (QED) is 0.628. The van der Waals surface area contributed by atoms with Gasteiger partial charge in [0.05, 0.1) is 31.0 Å². The molecule has 0 spiro atoms. The lowest BCUT2D eigenvalue weighted by molar-refractivity contribution is -0.148. The summed E-state index contributed by atoms with van der Waals surface area (Å²) in [4.78, 5) is 29.8. The minimum atomic E-state index is -0.235. The molecule has 1 aliphatic heterocycles. The molecule has 1 fully saturated rings. The summed E-state index contributed by atoms with van der Waals surface area (Å²) in [5.74, 6) is -0.0682. The molecule has 20 heavy (non-hydrogen) atoms. The third-order valence-corrected chi connectivity index (χ3v) is 4.52. The molecule has 1 atom stereocenters. The van der Waals surface area contributed by atoms with Crippen molar-refractivity contribution in [1.29, 1.82) is 0 Å². The Morgan fingerprint density at radius 3 is 3.05 bits per heavy atom. The van der Waals surface area contributed by atoms with Gasteiger partial charge in [0.2, 0.25) is 5.91 Å². The highest BCUT2D eigenvalue weighted by Crippen LogP contribution is 2.19. The summed E-state index contributed by atoms with van der Waals surface area (Å²) in [6, 6.07) is 0.